The SMILES string of the molecule is CCNC(CCOCC)c1c(Br)cnn1CC. The lowest BCUT2D eigenvalue weighted by molar-refractivity contribution is 0.135. The summed E-state index contributed by atoms with van der Waals surface area (Å²) in [7, 11) is 0. The van der Waals surface area contributed by atoms with Gasteiger partial charge in [-0.2, -0.15) is 5.10 Å². The second-order valence-electron chi connectivity index (χ2n) is 3.79. The topological polar surface area (TPSA) is 39.1 Å². The number of ether oxygens (including phenoxy) is 1. The highest BCUT2D eigenvalue weighted by atomic mass is 79.9. The number of rotatable bonds is 8. The first kappa shape index (κ1) is 14.7. The van der Waals surface area contributed by atoms with Crippen LogP contribution in [0.15, 0.2) is 10.7 Å². The van der Waals surface area contributed by atoms with Crippen LogP contribution in [0, 0.1) is 0 Å². The molecule has 17 heavy (non-hydrogen) atoms. The molecule has 0 aliphatic rings. The molecule has 98 valence electrons. The van der Waals surface area contributed by atoms with Gasteiger partial charge < -0.3 is 10.1 Å². The molecule has 0 spiro atoms. The molecule has 1 aromatic rings. The smallest absolute Gasteiger partial charge is 0.0696 e. The highest BCUT2D eigenvalue weighted by Gasteiger charge is 2.18. The molecular formula is C12H22BrN3O. The fourth-order valence-corrected chi connectivity index (χ4v) is 2.47. The molecule has 1 atom stereocenters. The van der Waals surface area contributed by atoms with E-state index in [1.54, 1.807) is 0 Å². The monoisotopic (exact) mass is 303 g/mol. The van der Waals surface area contributed by atoms with E-state index in [-0.39, 0.29) is 0 Å². The minimum atomic E-state index is 0.295. The van der Waals surface area contributed by atoms with E-state index in [9.17, 15) is 0 Å². The number of aryl methyl sites for hydroxylation is 1. The van der Waals surface area contributed by atoms with Crippen LogP contribution in [-0.4, -0.2) is 29.5 Å². The largest absolute Gasteiger partial charge is 0.382 e. The van der Waals surface area contributed by atoms with Gasteiger partial charge in [-0.05, 0) is 42.7 Å². The lowest BCUT2D eigenvalue weighted by atomic mass is 10.1. The molecule has 0 amide bonds. The van der Waals surface area contributed by atoms with Gasteiger partial charge in [-0.1, -0.05) is 6.92 Å². The molecule has 1 heterocycles. The second kappa shape index (κ2) is 7.84. The van der Waals surface area contributed by atoms with Gasteiger partial charge in [0.05, 0.1) is 22.4 Å². The third-order valence-electron chi connectivity index (χ3n) is 2.67. The van der Waals surface area contributed by atoms with Crippen LogP contribution in [0.2, 0.25) is 0 Å². The van der Waals surface area contributed by atoms with Crippen molar-refractivity contribution in [2.24, 2.45) is 0 Å². The Morgan fingerprint density at radius 3 is 2.82 bits per heavy atom. The Morgan fingerprint density at radius 1 is 1.47 bits per heavy atom. The predicted molar refractivity (Wildman–Crippen MR) is 73.1 cm³/mol. The summed E-state index contributed by atoms with van der Waals surface area (Å²) in [5.74, 6) is 0. The van der Waals surface area contributed by atoms with Crippen molar-refractivity contribution < 1.29 is 4.74 Å². The van der Waals surface area contributed by atoms with Gasteiger partial charge in [0, 0.05) is 19.8 Å². The van der Waals surface area contributed by atoms with Crippen molar-refractivity contribution in [3.05, 3.63) is 16.4 Å². The number of nitrogens with one attached hydrogen (secondary N) is 1. The van der Waals surface area contributed by atoms with Crippen LogP contribution in [0.3, 0.4) is 0 Å². The van der Waals surface area contributed by atoms with E-state index in [0.717, 1.165) is 37.2 Å². The summed E-state index contributed by atoms with van der Waals surface area (Å²) in [5, 5.41) is 7.84. The van der Waals surface area contributed by atoms with Crippen molar-refractivity contribution in [3.8, 4) is 0 Å². The van der Waals surface area contributed by atoms with E-state index >= 15 is 0 Å². The quantitative estimate of drug-likeness (QED) is 0.751. The molecule has 1 aromatic heterocycles. The molecule has 1 unspecified atom stereocenters. The highest BCUT2D eigenvalue weighted by molar-refractivity contribution is 9.10. The molecule has 0 aromatic carbocycles. The maximum Gasteiger partial charge on any atom is 0.0696 e. The fourth-order valence-electron chi connectivity index (χ4n) is 1.90. The molecule has 1 rings (SSSR count). The van der Waals surface area contributed by atoms with Gasteiger partial charge in [0.1, 0.15) is 0 Å². The zero-order valence-corrected chi connectivity index (χ0v) is 12.5. The van der Waals surface area contributed by atoms with Crippen molar-refractivity contribution >= 4 is 15.9 Å². The zero-order valence-electron chi connectivity index (χ0n) is 10.9. The first-order chi connectivity index (χ1) is 8.24. The van der Waals surface area contributed by atoms with Crippen LogP contribution >= 0.6 is 15.9 Å². The van der Waals surface area contributed by atoms with Crippen LogP contribution in [-0.2, 0) is 11.3 Å². The maximum absolute atomic E-state index is 5.44. The number of nitrogens with zero attached hydrogens (tertiary/aromatic N) is 2. The zero-order chi connectivity index (χ0) is 12.7. The van der Waals surface area contributed by atoms with E-state index < -0.39 is 0 Å². The average Bonchev–Trinajstić information content (AvgIpc) is 2.69. The number of halogens is 1. The first-order valence-corrected chi connectivity index (χ1v) is 7.06. The van der Waals surface area contributed by atoms with Gasteiger partial charge in [0.25, 0.3) is 0 Å². The van der Waals surface area contributed by atoms with Crippen molar-refractivity contribution in [2.45, 2.75) is 39.8 Å². The maximum atomic E-state index is 5.44. The van der Waals surface area contributed by atoms with Gasteiger partial charge in [-0.3, -0.25) is 4.68 Å². The van der Waals surface area contributed by atoms with Gasteiger partial charge >= 0.3 is 0 Å². The summed E-state index contributed by atoms with van der Waals surface area (Å²) in [6.45, 7) is 9.62. The highest BCUT2D eigenvalue weighted by Crippen LogP contribution is 2.25. The Hall–Kier alpha value is -0.390. The Labute approximate surface area is 112 Å². The van der Waals surface area contributed by atoms with E-state index in [2.05, 4.69) is 40.2 Å². The van der Waals surface area contributed by atoms with Crippen LogP contribution in [0.25, 0.3) is 0 Å². The minimum absolute atomic E-state index is 0.295. The van der Waals surface area contributed by atoms with E-state index in [4.69, 9.17) is 4.74 Å². The summed E-state index contributed by atoms with van der Waals surface area (Å²) in [5.41, 5.74) is 1.22. The van der Waals surface area contributed by atoms with Crippen LogP contribution in [0.5, 0.6) is 0 Å². The molecular weight excluding hydrogens is 282 g/mol. The summed E-state index contributed by atoms with van der Waals surface area (Å²) in [6.07, 6.45) is 2.83. The van der Waals surface area contributed by atoms with Crippen molar-refractivity contribution in [2.75, 3.05) is 19.8 Å². The molecule has 1 N–H and O–H groups in total. The molecule has 4 nitrogen and oxygen atoms in total. The molecule has 0 saturated carbocycles. The van der Waals surface area contributed by atoms with Crippen LogP contribution in [0.4, 0.5) is 0 Å². The Balaban J connectivity index is 2.76. The van der Waals surface area contributed by atoms with Crippen molar-refractivity contribution in [1.29, 1.82) is 0 Å². The summed E-state index contributed by atoms with van der Waals surface area (Å²) < 4.78 is 8.54. The lowest BCUT2D eigenvalue weighted by Gasteiger charge is -2.19. The van der Waals surface area contributed by atoms with Gasteiger partial charge in [-0.15, -0.1) is 0 Å². The molecule has 0 fully saturated rings. The third kappa shape index (κ3) is 4.08. The standard InChI is InChI=1S/C12H22BrN3O/c1-4-14-11(7-8-17-6-3)12-10(13)9-15-16(12)5-2/h9,11,14H,4-8H2,1-3H3. The Morgan fingerprint density at radius 2 is 2.24 bits per heavy atom. The Bertz CT molecular complexity index is 328. The molecule has 0 radical (unpaired) electrons. The fraction of sp³-hybridized carbons (Fsp3) is 0.750. The summed E-state index contributed by atoms with van der Waals surface area (Å²) in [6, 6.07) is 0.295. The number of hydrogen-bond donors (Lipinski definition) is 1. The molecule has 0 saturated heterocycles. The van der Waals surface area contributed by atoms with Crippen molar-refractivity contribution in [1.82, 2.24) is 15.1 Å². The van der Waals surface area contributed by atoms with Crippen LogP contribution < -0.4 is 5.32 Å². The summed E-state index contributed by atoms with van der Waals surface area (Å²) in [4.78, 5) is 0. The second-order valence-corrected chi connectivity index (χ2v) is 4.64. The van der Waals surface area contributed by atoms with Gasteiger partial charge in [0.15, 0.2) is 0 Å². The predicted octanol–water partition coefficient (Wildman–Crippen LogP) is 2.74. The van der Waals surface area contributed by atoms with E-state index in [0.29, 0.717) is 6.04 Å². The van der Waals surface area contributed by atoms with Crippen molar-refractivity contribution in [3.63, 3.8) is 0 Å². The summed E-state index contributed by atoms with van der Waals surface area (Å²) >= 11 is 3.57. The minimum Gasteiger partial charge on any atom is -0.382 e. The molecule has 0 aliphatic heterocycles. The third-order valence-corrected chi connectivity index (χ3v) is 3.28. The van der Waals surface area contributed by atoms with Gasteiger partial charge in [-0.25, -0.2) is 0 Å². The molecule has 5 heteroatoms. The van der Waals surface area contributed by atoms with Crippen LogP contribution in [0.1, 0.15) is 38.9 Å². The Kier molecular flexibility index (Phi) is 6.77. The number of aromatic nitrogens is 2. The van der Waals surface area contributed by atoms with Gasteiger partial charge in [0.2, 0.25) is 0 Å². The molecule has 0 bridgehead atoms. The first-order valence-electron chi connectivity index (χ1n) is 6.26. The number of hydrogen-bond acceptors (Lipinski definition) is 3. The molecule has 0 aliphatic carbocycles. The average molecular weight is 304 g/mol. The normalized spacial score (nSPS) is 12.9. The lowest BCUT2D eigenvalue weighted by Crippen LogP contribution is -2.25. The van der Waals surface area contributed by atoms with E-state index in [1.165, 1.54) is 5.69 Å². The van der Waals surface area contributed by atoms with E-state index in [1.807, 2.05) is 17.8 Å².